The quantitative estimate of drug-likeness (QED) is 0.422. The number of benzene rings is 1. The SMILES string of the molecule is CN=C(NCc1nc(-c2ccco2)n[nH]1)NCC1CCCN1Cc1ccccc1. The van der Waals surface area contributed by atoms with E-state index < -0.39 is 0 Å². The third-order valence-corrected chi connectivity index (χ3v) is 5.15. The topological polar surface area (TPSA) is 94.4 Å². The van der Waals surface area contributed by atoms with Gasteiger partial charge in [0.2, 0.25) is 5.82 Å². The van der Waals surface area contributed by atoms with Crippen molar-refractivity contribution in [1.82, 2.24) is 30.7 Å². The minimum atomic E-state index is 0.504. The van der Waals surface area contributed by atoms with Gasteiger partial charge in [-0.3, -0.25) is 15.0 Å². The number of aromatic nitrogens is 3. The van der Waals surface area contributed by atoms with Gasteiger partial charge in [-0.05, 0) is 37.1 Å². The Bertz CT molecular complexity index is 904. The summed E-state index contributed by atoms with van der Waals surface area (Å²) in [4.78, 5) is 11.3. The molecule has 1 aliphatic heterocycles. The molecule has 8 nitrogen and oxygen atoms in total. The van der Waals surface area contributed by atoms with E-state index in [0.717, 1.165) is 31.4 Å². The Morgan fingerprint density at radius 1 is 1.24 bits per heavy atom. The van der Waals surface area contributed by atoms with E-state index in [4.69, 9.17) is 4.42 Å². The molecule has 1 atom stereocenters. The molecule has 3 aromatic rings. The summed E-state index contributed by atoms with van der Waals surface area (Å²) in [5.74, 6) is 2.69. The van der Waals surface area contributed by atoms with E-state index in [1.807, 2.05) is 12.1 Å². The summed E-state index contributed by atoms with van der Waals surface area (Å²) in [6, 6.07) is 14.8. The predicted octanol–water partition coefficient (Wildman–Crippen LogP) is 2.39. The number of hydrogen-bond donors (Lipinski definition) is 3. The molecule has 0 aliphatic carbocycles. The van der Waals surface area contributed by atoms with E-state index in [1.54, 1.807) is 13.3 Å². The zero-order valence-corrected chi connectivity index (χ0v) is 16.6. The number of nitrogens with one attached hydrogen (secondary N) is 3. The van der Waals surface area contributed by atoms with Crippen molar-refractivity contribution >= 4 is 5.96 Å². The van der Waals surface area contributed by atoms with E-state index in [2.05, 4.69) is 66.0 Å². The van der Waals surface area contributed by atoms with Crippen molar-refractivity contribution in [3.63, 3.8) is 0 Å². The van der Waals surface area contributed by atoms with E-state index in [-0.39, 0.29) is 0 Å². The van der Waals surface area contributed by atoms with Crippen LogP contribution in [0.25, 0.3) is 11.6 Å². The summed E-state index contributed by atoms with van der Waals surface area (Å²) in [5.41, 5.74) is 1.36. The van der Waals surface area contributed by atoms with Crippen LogP contribution in [0.1, 0.15) is 24.2 Å². The van der Waals surface area contributed by atoms with Gasteiger partial charge in [-0.2, -0.15) is 0 Å². The molecule has 0 spiro atoms. The van der Waals surface area contributed by atoms with Crippen LogP contribution in [-0.2, 0) is 13.1 Å². The Morgan fingerprint density at radius 2 is 2.14 bits per heavy atom. The second-order valence-electron chi connectivity index (χ2n) is 7.14. The number of hydrogen-bond acceptors (Lipinski definition) is 5. The fourth-order valence-corrected chi connectivity index (χ4v) is 3.65. The molecule has 3 heterocycles. The monoisotopic (exact) mass is 393 g/mol. The average Bonchev–Trinajstić information content (AvgIpc) is 3.51. The molecule has 3 N–H and O–H groups in total. The van der Waals surface area contributed by atoms with Gasteiger partial charge in [0.25, 0.3) is 0 Å². The highest BCUT2D eigenvalue weighted by Crippen LogP contribution is 2.19. The Hall–Kier alpha value is -3.13. The highest BCUT2D eigenvalue weighted by molar-refractivity contribution is 5.79. The number of guanidine groups is 1. The van der Waals surface area contributed by atoms with Crippen LogP contribution < -0.4 is 10.6 Å². The normalized spacial score (nSPS) is 17.6. The number of rotatable bonds is 7. The molecule has 1 aliphatic rings. The van der Waals surface area contributed by atoms with E-state index in [9.17, 15) is 0 Å². The van der Waals surface area contributed by atoms with Crippen LogP contribution in [-0.4, -0.2) is 52.2 Å². The van der Waals surface area contributed by atoms with E-state index in [1.165, 1.54) is 18.4 Å². The van der Waals surface area contributed by atoms with Crippen LogP contribution in [0.15, 0.2) is 58.1 Å². The number of H-pyrrole nitrogens is 1. The second-order valence-corrected chi connectivity index (χ2v) is 7.14. The molecule has 0 saturated carbocycles. The van der Waals surface area contributed by atoms with Gasteiger partial charge in [0, 0.05) is 26.2 Å². The molecule has 1 saturated heterocycles. The molecule has 1 aromatic carbocycles. The molecular weight excluding hydrogens is 366 g/mol. The lowest BCUT2D eigenvalue weighted by molar-refractivity contribution is 0.245. The fourth-order valence-electron chi connectivity index (χ4n) is 3.65. The van der Waals surface area contributed by atoms with Gasteiger partial charge < -0.3 is 15.1 Å². The van der Waals surface area contributed by atoms with Crippen LogP contribution in [0.4, 0.5) is 0 Å². The molecule has 2 aromatic heterocycles. The first-order valence-electron chi connectivity index (χ1n) is 9.99. The zero-order chi connectivity index (χ0) is 19.9. The molecular formula is C21H27N7O. The van der Waals surface area contributed by atoms with Crippen molar-refractivity contribution in [2.24, 2.45) is 4.99 Å². The van der Waals surface area contributed by atoms with Gasteiger partial charge >= 0.3 is 0 Å². The van der Waals surface area contributed by atoms with E-state index >= 15 is 0 Å². The Morgan fingerprint density at radius 3 is 2.93 bits per heavy atom. The van der Waals surface area contributed by atoms with Crippen molar-refractivity contribution in [3.8, 4) is 11.6 Å². The van der Waals surface area contributed by atoms with Crippen molar-refractivity contribution in [1.29, 1.82) is 0 Å². The molecule has 8 heteroatoms. The Kier molecular flexibility index (Phi) is 6.21. The summed E-state index contributed by atoms with van der Waals surface area (Å²) in [5, 5.41) is 13.9. The van der Waals surface area contributed by atoms with Crippen LogP contribution >= 0.6 is 0 Å². The second kappa shape index (κ2) is 9.38. The van der Waals surface area contributed by atoms with Crippen LogP contribution in [0.3, 0.4) is 0 Å². The molecule has 1 unspecified atom stereocenters. The molecule has 1 fully saturated rings. The van der Waals surface area contributed by atoms with Crippen LogP contribution in [0.5, 0.6) is 0 Å². The summed E-state index contributed by atoms with van der Waals surface area (Å²) < 4.78 is 5.32. The highest BCUT2D eigenvalue weighted by Gasteiger charge is 2.24. The fraction of sp³-hybridized carbons (Fsp3) is 0.381. The number of furan rings is 1. The van der Waals surface area contributed by atoms with Gasteiger partial charge in [-0.15, -0.1) is 5.10 Å². The number of nitrogens with zero attached hydrogens (tertiary/aromatic N) is 4. The summed E-state index contributed by atoms with van der Waals surface area (Å²) in [7, 11) is 1.78. The maximum absolute atomic E-state index is 5.32. The molecule has 29 heavy (non-hydrogen) atoms. The third kappa shape index (κ3) is 5.03. The Balaban J connectivity index is 1.26. The zero-order valence-electron chi connectivity index (χ0n) is 16.6. The summed E-state index contributed by atoms with van der Waals surface area (Å²) in [6.45, 7) is 3.50. The molecule has 0 amide bonds. The lowest BCUT2D eigenvalue weighted by atomic mass is 10.2. The lowest BCUT2D eigenvalue weighted by Gasteiger charge is -2.25. The third-order valence-electron chi connectivity index (χ3n) is 5.15. The minimum Gasteiger partial charge on any atom is -0.461 e. The largest absolute Gasteiger partial charge is 0.461 e. The van der Waals surface area contributed by atoms with E-state index in [0.29, 0.717) is 24.2 Å². The molecule has 0 radical (unpaired) electrons. The van der Waals surface area contributed by atoms with Gasteiger partial charge in [-0.25, -0.2) is 4.98 Å². The number of aromatic amines is 1. The average molecular weight is 393 g/mol. The van der Waals surface area contributed by atoms with Gasteiger partial charge in [0.15, 0.2) is 11.7 Å². The van der Waals surface area contributed by atoms with Gasteiger partial charge in [-0.1, -0.05) is 30.3 Å². The van der Waals surface area contributed by atoms with Gasteiger partial charge in [0.05, 0.1) is 12.8 Å². The van der Waals surface area contributed by atoms with Crippen LogP contribution in [0, 0.1) is 0 Å². The Labute approximate surface area is 170 Å². The molecule has 4 rings (SSSR count). The minimum absolute atomic E-state index is 0.504. The first-order chi connectivity index (χ1) is 14.3. The van der Waals surface area contributed by atoms with Gasteiger partial charge in [0.1, 0.15) is 5.82 Å². The highest BCUT2D eigenvalue weighted by atomic mass is 16.3. The molecule has 0 bridgehead atoms. The smallest absolute Gasteiger partial charge is 0.216 e. The van der Waals surface area contributed by atoms with Crippen molar-refractivity contribution in [2.45, 2.75) is 32.0 Å². The number of likely N-dealkylation sites (tertiary alicyclic amines) is 1. The van der Waals surface area contributed by atoms with Crippen molar-refractivity contribution < 1.29 is 4.42 Å². The maximum atomic E-state index is 5.32. The van der Waals surface area contributed by atoms with Crippen molar-refractivity contribution in [3.05, 3.63) is 60.1 Å². The number of aliphatic imine (C=N–C) groups is 1. The first kappa shape index (κ1) is 19.2. The standard InChI is InChI=1S/C21H27N7O/c1-22-21(24-14-19-25-20(27-26-19)18-10-6-12-29-18)23-13-17-9-5-11-28(17)15-16-7-3-2-4-8-16/h2-4,6-8,10,12,17H,5,9,11,13-15H2,1H3,(H2,22,23,24)(H,25,26,27). The van der Waals surface area contributed by atoms with Crippen molar-refractivity contribution in [2.75, 3.05) is 20.1 Å². The summed E-state index contributed by atoms with van der Waals surface area (Å²) in [6.07, 6.45) is 4.05. The predicted molar refractivity (Wildman–Crippen MR) is 112 cm³/mol. The summed E-state index contributed by atoms with van der Waals surface area (Å²) >= 11 is 0. The molecule has 152 valence electrons. The lowest BCUT2D eigenvalue weighted by Crippen LogP contribution is -2.44. The van der Waals surface area contributed by atoms with Crippen LogP contribution in [0.2, 0.25) is 0 Å². The first-order valence-corrected chi connectivity index (χ1v) is 9.99. The maximum Gasteiger partial charge on any atom is 0.216 e.